The van der Waals surface area contributed by atoms with Crippen molar-refractivity contribution < 1.29 is 28.7 Å². The van der Waals surface area contributed by atoms with Crippen LogP contribution < -0.4 is 10.6 Å². The van der Waals surface area contributed by atoms with Gasteiger partial charge in [-0.05, 0) is 59.4 Å². The second-order valence-electron chi connectivity index (χ2n) is 14.2. The zero-order valence-electron chi connectivity index (χ0n) is 31.4. The van der Waals surface area contributed by atoms with E-state index >= 15 is 0 Å². The van der Waals surface area contributed by atoms with Crippen LogP contribution in [0.4, 0.5) is 5.69 Å². The molecular weight excluding hydrogens is 675 g/mol. The molecule has 2 atom stereocenters. The third-order valence-corrected chi connectivity index (χ3v) is 11.3. The van der Waals surface area contributed by atoms with Crippen LogP contribution in [0.5, 0.6) is 0 Å². The maximum atomic E-state index is 13.0. The van der Waals surface area contributed by atoms with Crippen LogP contribution >= 0.6 is 11.8 Å². The van der Waals surface area contributed by atoms with Crippen molar-refractivity contribution >= 4 is 47.0 Å². The minimum absolute atomic E-state index is 0.0313. The fourth-order valence-electron chi connectivity index (χ4n) is 7.13. The Morgan fingerprint density at radius 2 is 1.42 bits per heavy atom. The number of anilines is 1. The van der Waals surface area contributed by atoms with E-state index in [1.165, 1.54) is 69.6 Å². The number of hydrogen-bond donors (Lipinski definition) is 2. The molecule has 2 unspecified atom stereocenters. The molecule has 4 rings (SSSR count). The summed E-state index contributed by atoms with van der Waals surface area (Å²) in [5.41, 5.74) is 4.84. The normalized spacial score (nSPS) is 16.2. The lowest BCUT2D eigenvalue weighted by Gasteiger charge is -2.16. The van der Waals surface area contributed by atoms with E-state index in [4.69, 9.17) is 4.74 Å². The van der Waals surface area contributed by atoms with Gasteiger partial charge >= 0.3 is 5.97 Å². The van der Waals surface area contributed by atoms with E-state index in [0.717, 1.165) is 66.7 Å². The van der Waals surface area contributed by atoms with Gasteiger partial charge in [-0.2, -0.15) is 0 Å². The highest BCUT2D eigenvalue weighted by Gasteiger charge is 2.38. The van der Waals surface area contributed by atoms with Gasteiger partial charge in [0.2, 0.25) is 23.6 Å². The number of carbonyl (C=O) groups excluding carboxylic acids is 5. The molecular formula is C42H59N3O6S. The quantitative estimate of drug-likeness (QED) is 0.0596. The summed E-state index contributed by atoms with van der Waals surface area (Å²) in [7, 11) is 0. The number of hydrogen-bond acceptors (Lipinski definition) is 7. The topological polar surface area (TPSA) is 122 Å². The first-order valence-corrected chi connectivity index (χ1v) is 20.7. The van der Waals surface area contributed by atoms with Gasteiger partial charge < -0.3 is 15.4 Å². The molecule has 1 aliphatic carbocycles. The average Bonchev–Trinajstić information content (AvgIpc) is 3.59. The first-order chi connectivity index (χ1) is 25.3. The molecule has 9 nitrogen and oxygen atoms in total. The van der Waals surface area contributed by atoms with Crippen LogP contribution in [0.15, 0.2) is 42.5 Å². The Morgan fingerprint density at radius 3 is 2.10 bits per heavy atom. The van der Waals surface area contributed by atoms with Crippen molar-refractivity contribution in [1.29, 1.82) is 0 Å². The van der Waals surface area contributed by atoms with E-state index in [2.05, 4.69) is 17.6 Å². The number of fused-ring (bicyclic) bond motifs is 3. The predicted molar refractivity (Wildman–Crippen MR) is 209 cm³/mol. The number of unbranched alkanes of at least 4 members (excludes halogenated alkanes) is 12. The molecule has 0 saturated carbocycles. The van der Waals surface area contributed by atoms with Gasteiger partial charge in [0.15, 0.2) is 0 Å². The van der Waals surface area contributed by atoms with Gasteiger partial charge in [0.1, 0.15) is 6.61 Å². The minimum atomic E-state index is -0.353. The number of carbonyl (C=O) groups is 5. The maximum absolute atomic E-state index is 13.0. The monoisotopic (exact) mass is 733 g/mol. The highest BCUT2D eigenvalue weighted by atomic mass is 32.2. The number of esters is 1. The van der Waals surface area contributed by atoms with Gasteiger partial charge in [-0.15, -0.1) is 11.8 Å². The predicted octanol–water partition coefficient (Wildman–Crippen LogP) is 8.54. The fraction of sp³-hybridized carbons (Fsp3) is 0.595. The van der Waals surface area contributed by atoms with E-state index in [1.807, 2.05) is 42.5 Å². The van der Waals surface area contributed by atoms with Crippen LogP contribution in [0.25, 0.3) is 11.1 Å². The molecule has 1 heterocycles. The summed E-state index contributed by atoms with van der Waals surface area (Å²) in [5, 5.41) is 5.51. The van der Waals surface area contributed by atoms with Crippen LogP contribution in [-0.4, -0.2) is 65.2 Å². The summed E-state index contributed by atoms with van der Waals surface area (Å²) in [6, 6.07) is 13.8. The summed E-state index contributed by atoms with van der Waals surface area (Å²) in [4.78, 5) is 63.0. The molecule has 52 heavy (non-hydrogen) atoms. The van der Waals surface area contributed by atoms with Crippen molar-refractivity contribution in [2.45, 2.75) is 134 Å². The standard InChI is InChI=1S/C42H59N3O6S/c1-3-25-43-39(47)21-15-13-11-9-7-5-4-6-8-10-12-14-18-27-52-38-29-41(49)45(42(38)50)26-24-40(48)44-32-22-23-35-33-19-16-17-20-34(33)37(36(35)28-32)30-51-31(2)46/h16-17,19-20,22-23,28,37-38H,3-15,18,21,24-27,29-30H2,1-2H3,(H,43,47)(H,44,48). The molecule has 4 amide bonds. The molecule has 2 N–H and O–H groups in total. The molecule has 0 radical (unpaired) electrons. The Morgan fingerprint density at radius 1 is 0.788 bits per heavy atom. The van der Waals surface area contributed by atoms with Crippen LogP contribution in [0.3, 0.4) is 0 Å². The Bertz CT molecular complexity index is 1500. The second-order valence-corrected chi connectivity index (χ2v) is 15.5. The molecule has 0 bridgehead atoms. The Balaban J connectivity index is 1.03. The van der Waals surface area contributed by atoms with E-state index in [0.29, 0.717) is 12.1 Å². The Kier molecular flexibility index (Phi) is 17.7. The SMILES string of the molecule is CCCNC(=O)CCCCCCCCCCCCCCCSC1CC(=O)N(CCC(=O)Nc2ccc3c(c2)C(COC(C)=O)c2ccccc2-3)C1=O. The zero-order chi connectivity index (χ0) is 37.1. The first-order valence-electron chi connectivity index (χ1n) is 19.7. The lowest BCUT2D eigenvalue weighted by molar-refractivity contribution is -0.141. The van der Waals surface area contributed by atoms with Crippen LogP contribution in [0.2, 0.25) is 0 Å². The number of nitrogens with zero attached hydrogens (tertiary/aromatic N) is 1. The summed E-state index contributed by atoms with van der Waals surface area (Å²) in [6.45, 7) is 4.55. The van der Waals surface area contributed by atoms with Gasteiger partial charge in [-0.3, -0.25) is 28.9 Å². The van der Waals surface area contributed by atoms with Crippen molar-refractivity contribution in [3.05, 3.63) is 53.6 Å². The number of benzene rings is 2. The van der Waals surface area contributed by atoms with Gasteiger partial charge in [-0.1, -0.05) is 108 Å². The minimum Gasteiger partial charge on any atom is -0.465 e. The number of imide groups is 1. The molecule has 2 aromatic rings. The summed E-state index contributed by atoms with van der Waals surface area (Å²) < 4.78 is 5.36. The molecule has 1 aliphatic heterocycles. The second kappa shape index (κ2) is 22.4. The van der Waals surface area contributed by atoms with Gasteiger partial charge in [0, 0.05) is 50.9 Å². The van der Waals surface area contributed by atoms with E-state index in [9.17, 15) is 24.0 Å². The first kappa shape index (κ1) is 41.1. The van der Waals surface area contributed by atoms with Crippen molar-refractivity contribution in [3.63, 3.8) is 0 Å². The highest BCUT2D eigenvalue weighted by Crippen LogP contribution is 2.45. The zero-order valence-corrected chi connectivity index (χ0v) is 32.2. The van der Waals surface area contributed by atoms with Crippen molar-refractivity contribution in [3.8, 4) is 11.1 Å². The average molecular weight is 734 g/mol. The maximum Gasteiger partial charge on any atom is 0.302 e. The number of thioether (sulfide) groups is 1. The van der Waals surface area contributed by atoms with Crippen molar-refractivity contribution in [1.82, 2.24) is 10.2 Å². The number of nitrogens with one attached hydrogen (secondary N) is 2. The summed E-state index contributed by atoms with van der Waals surface area (Å²) in [6.07, 6.45) is 17.6. The molecule has 284 valence electrons. The largest absolute Gasteiger partial charge is 0.465 e. The molecule has 10 heteroatoms. The Labute approximate surface area is 314 Å². The van der Waals surface area contributed by atoms with Gasteiger partial charge in [0.05, 0.1) is 5.25 Å². The number of amides is 4. The lowest BCUT2D eigenvalue weighted by Crippen LogP contribution is -2.34. The molecule has 2 aliphatic rings. The summed E-state index contributed by atoms with van der Waals surface area (Å²) >= 11 is 1.57. The smallest absolute Gasteiger partial charge is 0.302 e. The van der Waals surface area contributed by atoms with E-state index < -0.39 is 0 Å². The fourth-order valence-corrected chi connectivity index (χ4v) is 8.32. The third kappa shape index (κ3) is 13.1. The van der Waals surface area contributed by atoms with Crippen molar-refractivity contribution in [2.24, 2.45) is 0 Å². The lowest BCUT2D eigenvalue weighted by atomic mass is 9.97. The molecule has 1 fully saturated rings. The van der Waals surface area contributed by atoms with Gasteiger partial charge in [0.25, 0.3) is 0 Å². The molecule has 0 aromatic heterocycles. The van der Waals surface area contributed by atoms with E-state index in [-0.39, 0.29) is 66.8 Å². The molecule has 1 saturated heterocycles. The van der Waals surface area contributed by atoms with E-state index in [1.54, 1.807) is 11.8 Å². The van der Waals surface area contributed by atoms with Crippen molar-refractivity contribution in [2.75, 3.05) is 30.8 Å². The highest BCUT2D eigenvalue weighted by molar-refractivity contribution is 8.00. The summed E-state index contributed by atoms with van der Waals surface area (Å²) in [5.74, 6) is -0.0464. The Hall–Kier alpha value is -3.66. The van der Waals surface area contributed by atoms with Crippen LogP contribution in [-0.2, 0) is 28.7 Å². The van der Waals surface area contributed by atoms with Crippen LogP contribution in [0, 0.1) is 0 Å². The molecule has 2 aromatic carbocycles. The van der Waals surface area contributed by atoms with Crippen LogP contribution in [0.1, 0.15) is 140 Å². The third-order valence-electron chi connectivity index (χ3n) is 9.99. The van der Waals surface area contributed by atoms with Gasteiger partial charge in [-0.25, -0.2) is 0 Å². The number of ether oxygens (including phenoxy) is 1. The molecule has 0 spiro atoms. The number of rotatable bonds is 25. The number of likely N-dealkylation sites (tertiary alicyclic amines) is 1.